The van der Waals surface area contributed by atoms with E-state index in [0.29, 0.717) is 5.92 Å². The van der Waals surface area contributed by atoms with Gasteiger partial charge < -0.3 is 9.84 Å². The molecule has 0 heterocycles. The first-order valence-electron chi connectivity index (χ1n) is 4.33. The van der Waals surface area contributed by atoms with Gasteiger partial charge in [0.15, 0.2) is 0 Å². The summed E-state index contributed by atoms with van der Waals surface area (Å²) in [6, 6.07) is 0. The predicted molar refractivity (Wildman–Crippen MR) is 45.0 cm³/mol. The standard InChI is InChI=1S/C9H16O3/c1-9(12-2,6-8(10)11)5-7-3-4-7/h7H,3-6H2,1-2H3,(H,10,11). The zero-order valence-corrected chi connectivity index (χ0v) is 7.67. The third-order valence-corrected chi connectivity index (χ3v) is 2.44. The third-order valence-electron chi connectivity index (χ3n) is 2.44. The molecule has 3 heteroatoms. The Morgan fingerprint density at radius 3 is 2.58 bits per heavy atom. The summed E-state index contributed by atoms with van der Waals surface area (Å²) in [5, 5.41) is 8.63. The minimum Gasteiger partial charge on any atom is -0.481 e. The normalized spacial score (nSPS) is 21.8. The van der Waals surface area contributed by atoms with E-state index in [-0.39, 0.29) is 6.42 Å². The largest absolute Gasteiger partial charge is 0.481 e. The molecule has 0 bridgehead atoms. The molecular formula is C9H16O3. The van der Waals surface area contributed by atoms with Gasteiger partial charge in [-0.15, -0.1) is 0 Å². The molecule has 1 fully saturated rings. The van der Waals surface area contributed by atoms with Gasteiger partial charge in [-0.25, -0.2) is 0 Å². The van der Waals surface area contributed by atoms with E-state index in [9.17, 15) is 4.79 Å². The number of hydrogen-bond acceptors (Lipinski definition) is 2. The van der Waals surface area contributed by atoms with Crippen molar-refractivity contribution in [3.63, 3.8) is 0 Å². The number of carbonyl (C=O) groups is 1. The smallest absolute Gasteiger partial charge is 0.306 e. The lowest BCUT2D eigenvalue weighted by Gasteiger charge is -2.26. The topological polar surface area (TPSA) is 46.5 Å². The van der Waals surface area contributed by atoms with Gasteiger partial charge in [0, 0.05) is 7.11 Å². The van der Waals surface area contributed by atoms with Crippen LogP contribution in [0.15, 0.2) is 0 Å². The number of carboxylic acids is 1. The Kier molecular flexibility index (Phi) is 2.73. The van der Waals surface area contributed by atoms with Crippen LogP contribution in [-0.2, 0) is 9.53 Å². The highest BCUT2D eigenvalue weighted by Crippen LogP contribution is 2.38. The monoisotopic (exact) mass is 172 g/mol. The van der Waals surface area contributed by atoms with Gasteiger partial charge >= 0.3 is 5.97 Å². The van der Waals surface area contributed by atoms with Crippen molar-refractivity contribution in [3.05, 3.63) is 0 Å². The summed E-state index contributed by atoms with van der Waals surface area (Å²) < 4.78 is 5.22. The lowest BCUT2D eigenvalue weighted by atomic mass is 9.95. The fourth-order valence-corrected chi connectivity index (χ4v) is 1.48. The van der Waals surface area contributed by atoms with Gasteiger partial charge in [-0.3, -0.25) is 4.79 Å². The molecule has 0 aromatic rings. The Bertz CT molecular complexity index is 175. The fraction of sp³-hybridized carbons (Fsp3) is 0.889. The van der Waals surface area contributed by atoms with Crippen LogP contribution in [0.1, 0.15) is 32.6 Å². The van der Waals surface area contributed by atoms with Crippen LogP contribution in [-0.4, -0.2) is 23.8 Å². The first-order chi connectivity index (χ1) is 5.56. The van der Waals surface area contributed by atoms with Crippen LogP contribution in [0.3, 0.4) is 0 Å². The molecular weight excluding hydrogens is 156 g/mol. The summed E-state index contributed by atoms with van der Waals surface area (Å²) in [6.45, 7) is 1.87. The van der Waals surface area contributed by atoms with Crippen LogP contribution in [0.5, 0.6) is 0 Å². The first-order valence-corrected chi connectivity index (χ1v) is 4.33. The zero-order chi connectivity index (χ0) is 9.19. The van der Waals surface area contributed by atoms with E-state index in [2.05, 4.69) is 0 Å². The quantitative estimate of drug-likeness (QED) is 0.686. The maximum Gasteiger partial charge on any atom is 0.306 e. The average Bonchev–Trinajstić information content (AvgIpc) is 2.70. The van der Waals surface area contributed by atoms with Gasteiger partial charge in [-0.1, -0.05) is 12.8 Å². The Balaban J connectivity index is 2.41. The average molecular weight is 172 g/mol. The fourth-order valence-electron chi connectivity index (χ4n) is 1.48. The molecule has 12 heavy (non-hydrogen) atoms. The van der Waals surface area contributed by atoms with E-state index in [1.807, 2.05) is 6.92 Å². The molecule has 1 rings (SSSR count). The molecule has 0 aromatic carbocycles. The van der Waals surface area contributed by atoms with Crippen molar-refractivity contribution < 1.29 is 14.6 Å². The maximum absolute atomic E-state index is 10.5. The van der Waals surface area contributed by atoms with E-state index < -0.39 is 11.6 Å². The molecule has 1 saturated carbocycles. The number of hydrogen-bond donors (Lipinski definition) is 1. The molecule has 0 aromatic heterocycles. The van der Waals surface area contributed by atoms with Gasteiger partial charge in [-0.2, -0.15) is 0 Å². The summed E-state index contributed by atoms with van der Waals surface area (Å²) in [7, 11) is 1.59. The van der Waals surface area contributed by atoms with E-state index in [1.54, 1.807) is 7.11 Å². The highest BCUT2D eigenvalue weighted by molar-refractivity contribution is 5.68. The Morgan fingerprint density at radius 2 is 2.25 bits per heavy atom. The lowest BCUT2D eigenvalue weighted by Crippen LogP contribution is -2.31. The molecule has 1 unspecified atom stereocenters. The van der Waals surface area contributed by atoms with Crippen molar-refractivity contribution in [2.75, 3.05) is 7.11 Å². The molecule has 1 aliphatic carbocycles. The summed E-state index contributed by atoms with van der Waals surface area (Å²) in [4.78, 5) is 10.5. The first kappa shape index (κ1) is 9.52. The van der Waals surface area contributed by atoms with Crippen LogP contribution in [0.2, 0.25) is 0 Å². The second-order valence-electron chi connectivity index (χ2n) is 3.87. The molecule has 3 nitrogen and oxygen atoms in total. The number of aliphatic carboxylic acids is 1. The Hall–Kier alpha value is -0.570. The minimum atomic E-state index is -0.778. The molecule has 70 valence electrons. The van der Waals surface area contributed by atoms with Crippen molar-refractivity contribution in [2.45, 2.75) is 38.2 Å². The lowest BCUT2D eigenvalue weighted by molar-refractivity contribution is -0.143. The van der Waals surface area contributed by atoms with Gasteiger partial charge in [0.25, 0.3) is 0 Å². The molecule has 0 aliphatic heterocycles. The van der Waals surface area contributed by atoms with Crippen molar-refractivity contribution in [2.24, 2.45) is 5.92 Å². The molecule has 0 amide bonds. The second-order valence-corrected chi connectivity index (χ2v) is 3.87. The summed E-state index contributed by atoms with van der Waals surface area (Å²) in [5.41, 5.74) is -0.451. The van der Waals surface area contributed by atoms with Crippen LogP contribution < -0.4 is 0 Å². The Labute approximate surface area is 72.7 Å². The van der Waals surface area contributed by atoms with Crippen LogP contribution in [0.4, 0.5) is 0 Å². The highest BCUT2D eigenvalue weighted by Gasteiger charge is 2.34. The van der Waals surface area contributed by atoms with Crippen molar-refractivity contribution in [1.29, 1.82) is 0 Å². The number of carboxylic acid groups (broad SMARTS) is 1. The predicted octanol–water partition coefficient (Wildman–Crippen LogP) is 1.67. The highest BCUT2D eigenvalue weighted by atomic mass is 16.5. The van der Waals surface area contributed by atoms with Gasteiger partial charge in [0.2, 0.25) is 0 Å². The van der Waals surface area contributed by atoms with Crippen molar-refractivity contribution >= 4 is 5.97 Å². The minimum absolute atomic E-state index is 0.111. The van der Waals surface area contributed by atoms with Gasteiger partial charge in [-0.05, 0) is 19.3 Å². The summed E-state index contributed by atoms with van der Waals surface area (Å²) >= 11 is 0. The van der Waals surface area contributed by atoms with Crippen molar-refractivity contribution in [3.8, 4) is 0 Å². The number of ether oxygens (including phenoxy) is 1. The molecule has 0 radical (unpaired) electrons. The van der Waals surface area contributed by atoms with Gasteiger partial charge in [0.05, 0.1) is 12.0 Å². The molecule has 1 aliphatic rings. The van der Waals surface area contributed by atoms with E-state index in [1.165, 1.54) is 12.8 Å². The SMILES string of the molecule is COC(C)(CC(=O)O)CC1CC1. The number of rotatable bonds is 5. The Morgan fingerprint density at radius 1 is 1.67 bits per heavy atom. The third kappa shape index (κ3) is 2.81. The summed E-state index contributed by atoms with van der Waals surface area (Å²) in [6.07, 6.45) is 3.47. The van der Waals surface area contributed by atoms with Crippen LogP contribution in [0.25, 0.3) is 0 Å². The molecule has 1 N–H and O–H groups in total. The number of methoxy groups -OCH3 is 1. The second kappa shape index (κ2) is 3.44. The van der Waals surface area contributed by atoms with E-state index >= 15 is 0 Å². The van der Waals surface area contributed by atoms with E-state index in [4.69, 9.17) is 9.84 Å². The van der Waals surface area contributed by atoms with Gasteiger partial charge in [0.1, 0.15) is 0 Å². The molecule has 0 saturated heterocycles. The summed E-state index contributed by atoms with van der Waals surface area (Å²) in [5.74, 6) is -0.0747. The van der Waals surface area contributed by atoms with E-state index in [0.717, 1.165) is 6.42 Å². The molecule has 1 atom stereocenters. The van der Waals surface area contributed by atoms with Crippen LogP contribution >= 0.6 is 0 Å². The van der Waals surface area contributed by atoms with Crippen LogP contribution in [0, 0.1) is 5.92 Å². The molecule has 0 spiro atoms. The maximum atomic E-state index is 10.5. The zero-order valence-electron chi connectivity index (χ0n) is 7.67. The van der Waals surface area contributed by atoms with Crippen molar-refractivity contribution in [1.82, 2.24) is 0 Å².